The Morgan fingerprint density at radius 3 is 2.32 bits per heavy atom. The van der Waals surface area contributed by atoms with Gasteiger partial charge in [0.2, 0.25) is 0 Å². The quantitative estimate of drug-likeness (QED) is 0.290. The van der Waals surface area contributed by atoms with Gasteiger partial charge in [-0.1, -0.05) is 30.3 Å². The van der Waals surface area contributed by atoms with Gasteiger partial charge in [0, 0.05) is 34.9 Å². The van der Waals surface area contributed by atoms with Gasteiger partial charge < -0.3 is 14.2 Å². The van der Waals surface area contributed by atoms with Gasteiger partial charge in [0.15, 0.2) is 17.3 Å². The van der Waals surface area contributed by atoms with Crippen molar-refractivity contribution in [1.29, 1.82) is 0 Å². The third-order valence-corrected chi connectivity index (χ3v) is 6.83. The number of aliphatic imine (C=N–C) groups is 1. The summed E-state index contributed by atoms with van der Waals surface area (Å²) in [4.78, 5) is 43.5. The highest BCUT2D eigenvalue weighted by Crippen LogP contribution is 2.50. The summed E-state index contributed by atoms with van der Waals surface area (Å²) in [6, 6.07) is 12.5. The summed E-state index contributed by atoms with van der Waals surface area (Å²) in [5.74, 6) is -2.39. The van der Waals surface area contributed by atoms with Crippen molar-refractivity contribution in [3.05, 3.63) is 75.0 Å². The van der Waals surface area contributed by atoms with Gasteiger partial charge in [-0.05, 0) is 44.7 Å². The van der Waals surface area contributed by atoms with E-state index in [1.54, 1.807) is 20.8 Å². The van der Waals surface area contributed by atoms with E-state index >= 15 is 0 Å². The van der Waals surface area contributed by atoms with Gasteiger partial charge in [-0.3, -0.25) is 24.7 Å². The Balaban J connectivity index is 1.94. The summed E-state index contributed by atoms with van der Waals surface area (Å²) in [5.41, 5.74) is 2.24. The number of carbonyl (C=O) groups excluding carboxylic acids is 2. The van der Waals surface area contributed by atoms with Crippen molar-refractivity contribution >= 4 is 23.2 Å². The second kappa shape index (κ2) is 10.5. The lowest BCUT2D eigenvalue weighted by Gasteiger charge is -2.36. The van der Waals surface area contributed by atoms with Crippen molar-refractivity contribution in [3.63, 3.8) is 0 Å². The molecule has 0 aromatic heterocycles. The number of ketones is 1. The Hall–Kier alpha value is -4.01. The zero-order valence-corrected chi connectivity index (χ0v) is 21.5. The van der Waals surface area contributed by atoms with Crippen LogP contribution >= 0.6 is 0 Å². The van der Waals surface area contributed by atoms with E-state index < -0.39 is 28.8 Å². The van der Waals surface area contributed by atoms with Gasteiger partial charge in [-0.2, -0.15) is 0 Å². The molecule has 2 aliphatic rings. The number of rotatable bonds is 7. The van der Waals surface area contributed by atoms with E-state index in [1.165, 1.54) is 26.4 Å². The van der Waals surface area contributed by atoms with Crippen LogP contribution in [0.2, 0.25) is 0 Å². The molecule has 1 aliphatic heterocycles. The van der Waals surface area contributed by atoms with Crippen molar-refractivity contribution in [2.75, 3.05) is 14.2 Å². The first kappa shape index (κ1) is 26.1. The summed E-state index contributed by atoms with van der Waals surface area (Å²) >= 11 is 0. The molecule has 0 amide bonds. The zero-order valence-electron chi connectivity index (χ0n) is 21.5. The second-order valence-corrected chi connectivity index (χ2v) is 9.52. The summed E-state index contributed by atoms with van der Waals surface area (Å²) < 4.78 is 16.3. The number of esters is 1. The summed E-state index contributed by atoms with van der Waals surface area (Å²) in [6.45, 7) is 5.15. The maximum atomic E-state index is 13.7. The topological polar surface area (TPSA) is 117 Å². The minimum atomic E-state index is -1.00. The van der Waals surface area contributed by atoms with E-state index in [4.69, 9.17) is 19.2 Å². The van der Waals surface area contributed by atoms with Crippen LogP contribution in [0.5, 0.6) is 11.5 Å². The van der Waals surface area contributed by atoms with Gasteiger partial charge in [0.05, 0.1) is 31.3 Å². The van der Waals surface area contributed by atoms with E-state index in [-0.39, 0.29) is 40.9 Å². The fourth-order valence-electron chi connectivity index (χ4n) is 5.26. The number of nitro groups is 1. The maximum Gasteiger partial charge on any atom is 0.315 e. The smallest absolute Gasteiger partial charge is 0.315 e. The lowest BCUT2D eigenvalue weighted by molar-refractivity contribution is -0.385. The summed E-state index contributed by atoms with van der Waals surface area (Å²) in [6.07, 6.45) is 0.272. The van der Waals surface area contributed by atoms with Gasteiger partial charge in [-0.15, -0.1) is 0 Å². The molecule has 0 spiro atoms. The molecule has 0 bridgehead atoms. The highest BCUT2D eigenvalue weighted by molar-refractivity contribution is 6.09. The Morgan fingerprint density at radius 2 is 1.73 bits per heavy atom. The number of hydrogen-bond acceptors (Lipinski definition) is 8. The molecular weight excluding hydrogens is 476 g/mol. The molecule has 0 fully saturated rings. The highest BCUT2D eigenvalue weighted by atomic mass is 16.6. The molecule has 9 nitrogen and oxygen atoms in total. The van der Waals surface area contributed by atoms with Crippen LogP contribution in [0, 0.1) is 16.0 Å². The molecular formula is C28H30N2O7. The number of Topliss-reactive ketones (excluding diaryl/α,β-unsaturated/α-hetero) is 1. The number of ether oxygens (including phenoxy) is 3. The van der Waals surface area contributed by atoms with E-state index in [0.29, 0.717) is 23.4 Å². The molecule has 0 radical (unpaired) electrons. The van der Waals surface area contributed by atoms with Crippen LogP contribution in [0.25, 0.3) is 0 Å². The Bertz CT molecular complexity index is 1300. The lowest BCUT2D eigenvalue weighted by atomic mass is 9.69. The fourth-order valence-corrected chi connectivity index (χ4v) is 5.26. The largest absolute Gasteiger partial charge is 0.493 e. The SMILES string of the molecule is COc1cc([C@H]2C3=C(C[C@@H](c4ccccc4)CC3=O)N=C(C)C2C(=O)OC(C)C)c([N+](=O)[O-])cc1OC. The van der Waals surface area contributed by atoms with Crippen molar-refractivity contribution in [3.8, 4) is 11.5 Å². The number of hydrogen-bond donors (Lipinski definition) is 0. The lowest BCUT2D eigenvalue weighted by Crippen LogP contribution is -2.39. The summed E-state index contributed by atoms with van der Waals surface area (Å²) in [5, 5.41) is 12.2. The van der Waals surface area contributed by atoms with Crippen LogP contribution in [0.4, 0.5) is 5.69 Å². The first-order valence-corrected chi connectivity index (χ1v) is 12.1. The number of allylic oxidation sites excluding steroid dienone is 2. The number of nitro benzene ring substituents is 1. The number of nitrogens with zero attached hydrogens (tertiary/aromatic N) is 2. The van der Waals surface area contributed by atoms with E-state index in [0.717, 1.165) is 5.56 Å². The highest BCUT2D eigenvalue weighted by Gasteiger charge is 2.47. The molecule has 0 saturated carbocycles. The monoisotopic (exact) mass is 506 g/mol. The number of carbonyl (C=O) groups is 2. The Morgan fingerprint density at radius 1 is 1.08 bits per heavy atom. The maximum absolute atomic E-state index is 13.7. The minimum absolute atomic E-state index is 0.0794. The van der Waals surface area contributed by atoms with Crippen molar-refractivity contribution in [2.45, 2.75) is 51.6 Å². The van der Waals surface area contributed by atoms with Gasteiger partial charge in [-0.25, -0.2) is 0 Å². The summed E-state index contributed by atoms with van der Waals surface area (Å²) in [7, 11) is 2.81. The molecule has 0 N–H and O–H groups in total. The average molecular weight is 507 g/mol. The molecule has 4 rings (SSSR count). The van der Waals surface area contributed by atoms with Crippen LogP contribution in [-0.2, 0) is 14.3 Å². The van der Waals surface area contributed by atoms with Crippen LogP contribution in [0.1, 0.15) is 56.6 Å². The first-order valence-electron chi connectivity index (χ1n) is 12.1. The van der Waals surface area contributed by atoms with Crippen LogP contribution in [0.3, 0.4) is 0 Å². The van der Waals surface area contributed by atoms with Crippen molar-refractivity contribution < 1.29 is 28.7 Å². The zero-order chi connectivity index (χ0) is 26.9. The van der Waals surface area contributed by atoms with Crippen LogP contribution < -0.4 is 9.47 Å². The molecule has 1 heterocycles. The van der Waals surface area contributed by atoms with E-state index in [2.05, 4.69) is 0 Å². The van der Waals surface area contributed by atoms with E-state index in [9.17, 15) is 19.7 Å². The molecule has 37 heavy (non-hydrogen) atoms. The third-order valence-electron chi connectivity index (χ3n) is 6.83. The standard InChI is InChI=1S/C28H30N2O7/c1-15(2)37-28(32)25-16(3)29-20-11-18(17-9-7-6-8-10-17)12-22(31)27(20)26(25)19-13-23(35-4)24(36-5)14-21(19)30(33)34/h6-10,13-15,18,25-26H,11-12H2,1-5H3/t18-,25?,26-/m1/s1. The van der Waals surface area contributed by atoms with Crippen LogP contribution in [0.15, 0.2) is 58.7 Å². The van der Waals surface area contributed by atoms with Gasteiger partial charge in [0.25, 0.3) is 5.69 Å². The fraction of sp³-hybridized carbons (Fsp3) is 0.393. The Labute approximate surface area is 215 Å². The number of methoxy groups -OCH3 is 2. The van der Waals surface area contributed by atoms with Crippen molar-refractivity contribution in [1.82, 2.24) is 0 Å². The molecule has 9 heteroatoms. The van der Waals surface area contributed by atoms with Gasteiger partial charge >= 0.3 is 5.97 Å². The average Bonchev–Trinajstić information content (AvgIpc) is 2.86. The molecule has 2 aromatic carbocycles. The molecule has 2 aromatic rings. The van der Waals surface area contributed by atoms with Gasteiger partial charge in [0.1, 0.15) is 5.92 Å². The predicted octanol–water partition coefficient (Wildman–Crippen LogP) is 5.14. The normalized spacial score (nSPS) is 21.3. The Kier molecular flexibility index (Phi) is 7.42. The molecule has 0 saturated heterocycles. The molecule has 1 aliphatic carbocycles. The third kappa shape index (κ3) is 4.98. The minimum Gasteiger partial charge on any atom is -0.493 e. The second-order valence-electron chi connectivity index (χ2n) is 9.52. The molecule has 3 atom stereocenters. The van der Waals surface area contributed by atoms with E-state index in [1.807, 2.05) is 30.3 Å². The van der Waals surface area contributed by atoms with Crippen LogP contribution in [-0.4, -0.2) is 42.7 Å². The molecule has 194 valence electrons. The van der Waals surface area contributed by atoms with Crippen molar-refractivity contribution in [2.24, 2.45) is 10.9 Å². The first-order chi connectivity index (χ1) is 17.7. The predicted molar refractivity (Wildman–Crippen MR) is 137 cm³/mol. The number of benzene rings is 2. The molecule has 1 unspecified atom stereocenters.